The van der Waals surface area contributed by atoms with Crippen LogP contribution in [-0.4, -0.2) is 72.6 Å². The lowest BCUT2D eigenvalue weighted by Gasteiger charge is -2.50. The lowest BCUT2D eigenvalue weighted by Crippen LogP contribution is -2.60. The lowest BCUT2D eigenvalue weighted by molar-refractivity contribution is -0.154. The predicted octanol–water partition coefficient (Wildman–Crippen LogP) is 3.59. The summed E-state index contributed by atoms with van der Waals surface area (Å²) in [5.41, 5.74) is 3.87. The van der Waals surface area contributed by atoms with E-state index in [1.54, 1.807) is 52.6 Å². The van der Waals surface area contributed by atoms with Crippen LogP contribution in [0.5, 0.6) is 5.75 Å². The Kier molecular flexibility index (Phi) is 8.32. The summed E-state index contributed by atoms with van der Waals surface area (Å²) < 4.78 is 12.2. The predicted molar refractivity (Wildman–Crippen MR) is 149 cm³/mol. The first-order chi connectivity index (χ1) is 19.0. The van der Waals surface area contributed by atoms with E-state index in [1.807, 2.05) is 37.3 Å². The number of esters is 1. The van der Waals surface area contributed by atoms with Gasteiger partial charge in [0.15, 0.2) is 5.82 Å². The maximum absolute atomic E-state index is 13.5. The minimum Gasteiger partial charge on any atom is -0.497 e. The molecule has 0 bridgehead atoms. The van der Waals surface area contributed by atoms with E-state index in [9.17, 15) is 9.59 Å². The largest absolute Gasteiger partial charge is 0.497 e. The van der Waals surface area contributed by atoms with Crippen molar-refractivity contribution >= 4 is 41.1 Å². The fourth-order valence-corrected chi connectivity index (χ4v) is 6.99. The molecule has 2 aliphatic rings. The summed E-state index contributed by atoms with van der Waals surface area (Å²) in [5.74, 6) is 1.67. The molecule has 10 nitrogen and oxygen atoms in total. The van der Waals surface area contributed by atoms with Gasteiger partial charge in [-0.25, -0.2) is 4.68 Å². The Hall–Kier alpha value is -3.64. The van der Waals surface area contributed by atoms with Crippen LogP contribution in [0.15, 0.2) is 65.8 Å². The summed E-state index contributed by atoms with van der Waals surface area (Å²) in [4.78, 5) is 32.7. The number of nitrogens with zero attached hydrogens (tertiary/aromatic N) is 6. The Labute approximate surface area is 234 Å². The maximum atomic E-state index is 13.5. The van der Waals surface area contributed by atoms with E-state index >= 15 is 0 Å². The molecule has 39 heavy (non-hydrogen) atoms. The molecule has 0 unspecified atom stereocenters. The molecule has 0 N–H and O–H groups in total. The van der Waals surface area contributed by atoms with Crippen LogP contribution < -0.4 is 4.74 Å². The number of hydrogen-bond acceptors (Lipinski definition) is 10. The molecular weight excluding hydrogens is 536 g/mol. The van der Waals surface area contributed by atoms with Crippen LogP contribution in [0.3, 0.4) is 0 Å². The first-order valence-electron chi connectivity index (χ1n) is 12.4. The van der Waals surface area contributed by atoms with Crippen LogP contribution >= 0.6 is 23.5 Å². The van der Waals surface area contributed by atoms with Crippen molar-refractivity contribution in [2.24, 2.45) is 5.92 Å². The van der Waals surface area contributed by atoms with Gasteiger partial charge in [0, 0.05) is 28.8 Å². The number of ether oxygens (including phenoxy) is 2. The van der Waals surface area contributed by atoms with E-state index in [0.29, 0.717) is 23.9 Å². The molecule has 2 aromatic heterocycles. The third-order valence-corrected chi connectivity index (χ3v) is 9.08. The third kappa shape index (κ3) is 5.71. The topological polar surface area (TPSA) is 112 Å². The summed E-state index contributed by atoms with van der Waals surface area (Å²) in [6.45, 7) is 6.14. The molecular formula is C27H28N6O4S2. The fraction of sp³-hybridized carbons (Fsp3) is 0.333. The second-order valence-corrected chi connectivity index (χ2v) is 11.2. The number of hydrogen-bond donors (Lipinski definition) is 0. The highest BCUT2D eigenvalue weighted by Crippen LogP contribution is 2.48. The van der Waals surface area contributed by atoms with Crippen molar-refractivity contribution < 1.29 is 19.1 Å². The highest BCUT2D eigenvalue weighted by atomic mass is 32.2. The van der Waals surface area contributed by atoms with Crippen molar-refractivity contribution in [3.8, 4) is 5.75 Å². The van der Waals surface area contributed by atoms with E-state index in [4.69, 9.17) is 9.47 Å². The molecule has 0 saturated carbocycles. The number of methoxy groups -OCH3 is 1. The van der Waals surface area contributed by atoms with Crippen LogP contribution in [0.25, 0.3) is 5.70 Å². The zero-order valence-corrected chi connectivity index (χ0v) is 23.3. The fourth-order valence-electron chi connectivity index (χ4n) is 4.55. The first kappa shape index (κ1) is 26.9. The Bertz CT molecular complexity index is 1410. The average molecular weight is 565 g/mol. The number of rotatable bonds is 11. The van der Waals surface area contributed by atoms with Gasteiger partial charge in [-0.3, -0.25) is 19.5 Å². The summed E-state index contributed by atoms with van der Waals surface area (Å²) in [7, 11) is 1.64. The molecule has 2 atom stereocenters. The van der Waals surface area contributed by atoms with Gasteiger partial charge >= 0.3 is 5.97 Å². The molecule has 0 radical (unpaired) electrons. The second-order valence-electron chi connectivity index (χ2n) is 9.07. The zero-order valence-electron chi connectivity index (χ0n) is 21.6. The van der Waals surface area contributed by atoms with Crippen molar-refractivity contribution in [2.45, 2.75) is 30.2 Å². The molecule has 0 spiro atoms. The molecule has 1 amide bonds. The number of pyridine rings is 1. The summed E-state index contributed by atoms with van der Waals surface area (Å²) >= 11 is 3.32. The molecule has 1 fully saturated rings. The molecule has 1 aromatic carbocycles. The van der Waals surface area contributed by atoms with Crippen molar-refractivity contribution in [3.63, 3.8) is 0 Å². The quantitative estimate of drug-likeness (QED) is 0.148. The van der Waals surface area contributed by atoms with Crippen LogP contribution in [0, 0.1) is 12.8 Å². The average Bonchev–Trinajstić information content (AvgIpc) is 3.42. The van der Waals surface area contributed by atoms with Gasteiger partial charge in [-0.2, -0.15) is 0 Å². The minimum atomic E-state index is -0.454. The number of β-lactam (4-membered cyclic amide) rings is 1. The number of aromatic nitrogens is 5. The number of tetrazole rings is 1. The molecule has 1 saturated heterocycles. The number of carbonyl (C=O) groups excluding carboxylic acids is 2. The van der Waals surface area contributed by atoms with Crippen LogP contribution in [0.1, 0.15) is 23.4 Å². The van der Waals surface area contributed by atoms with E-state index in [2.05, 4.69) is 27.1 Å². The summed E-state index contributed by atoms with van der Waals surface area (Å²) in [6.07, 6.45) is 5.07. The van der Waals surface area contributed by atoms with Gasteiger partial charge in [-0.1, -0.05) is 18.7 Å². The Morgan fingerprint density at radius 2 is 2.10 bits per heavy atom. The maximum Gasteiger partial charge on any atom is 0.307 e. The number of carbonyl (C=O) groups is 2. The van der Waals surface area contributed by atoms with Crippen LogP contribution in [0.2, 0.25) is 0 Å². The zero-order chi connectivity index (χ0) is 27.4. The Morgan fingerprint density at radius 3 is 2.85 bits per heavy atom. The van der Waals surface area contributed by atoms with E-state index in [0.717, 1.165) is 33.0 Å². The summed E-state index contributed by atoms with van der Waals surface area (Å²) in [5, 5.41) is 12.4. The van der Waals surface area contributed by atoms with Crippen molar-refractivity contribution in [2.75, 3.05) is 25.2 Å². The van der Waals surface area contributed by atoms with Gasteiger partial charge in [0.2, 0.25) is 5.91 Å². The van der Waals surface area contributed by atoms with E-state index in [1.165, 1.54) is 6.08 Å². The highest BCUT2D eigenvalue weighted by molar-refractivity contribution is 8.01. The number of fused-ring (bicyclic) bond motifs is 1. The molecule has 12 heteroatoms. The van der Waals surface area contributed by atoms with Crippen molar-refractivity contribution in [3.05, 3.63) is 77.9 Å². The summed E-state index contributed by atoms with van der Waals surface area (Å²) in [6, 6.07) is 9.79. The number of amides is 1. The lowest BCUT2D eigenvalue weighted by atomic mass is 9.92. The van der Waals surface area contributed by atoms with Crippen molar-refractivity contribution in [1.82, 2.24) is 30.1 Å². The SMILES string of the molecule is C=CCOC(=O)C[C@@H]1C(=O)N2C(c3nnnn3Cc3ccc(OC)cc3C)=C(CSc3ccncc3)CS[C@H]12. The monoisotopic (exact) mass is 564 g/mol. The molecule has 3 aromatic rings. The van der Waals surface area contributed by atoms with Crippen molar-refractivity contribution in [1.29, 1.82) is 0 Å². The third-order valence-electron chi connectivity index (χ3n) is 6.58. The normalized spacial score (nSPS) is 18.4. The van der Waals surface area contributed by atoms with Crippen LogP contribution in [0.4, 0.5) is 0 Å². The second kappa shape index (κ2) is 12.0. The molecule has 4 heterocycles. The minimum absolute atomic E-state index is 0.0329. The first-order valence-corrected chi connectivity index (χ1v) is 14.4. The van der Waals surface area contributed by atoms with Gasteiger partial charge in [0.25, 0.3) is 0 Å². The molecule has 0 aliphatic carbocycles. The Morgan fingerprint density at radius 1 is 1.28 bits per heavy atom. The highest BCUT2D eigenvalue weighted by Gasteiger charge is 2.53. The Balaban J connectivity index is 1.45. The standard InChI is InChI=1S/C27H28N6O4S2/c1-4-11-37-23(34)13-22-26(35)33-24(19(16-39-27(22)33)15-38-21-7-9-28-10-8-21)25-29-30-31-32(25)14-18-5-6-20(36-3)12-17(18)2/h4-10,12,22,27H,1,11,13-16H2,2-3H3/t22-,27-/m1/s1. The molecule has 202 valence electrons. The van der Waals surface area contributed by atoms with E-state index in [-0.39, 0.29) is 24.3 Å². The van der Waals surface area contributed by atoms with Gasteiger partial charge < -0.3 is 9.47 Å². The number of aryl methyl sites for hydroxylation is 1. The molecule has 5 rings (SSSR count). The van der Waals surface area contributed by atoms with Gasteiger partial charge in [-0.05, 0) is 58.3 Å². The number of benzene rings is 1. The van der Waals surface area contributed by atoms with Gasteiger partial charge in [0.05, 0.1) is 37.1 Å². The van der Waals surface area contributed by atoms with Gasteiger partial charge in [0.1, 0.15) is 12.4 Å². The molecule has 2 aliphatic heterocycles. The smallest absolute Gasteiger partial charge is 0.307 e. The van der Waals surface area contributed by atoms with Crippen LogP contribution in [-0.2, 0) is 20.9 Å². The van der Waals surface area contributed by atoms with E-state index < -0.39 is 11.9 Å². The number of thioether (sulfide) groups is 2. The van der Waals surface area contributed by atoms with Gasteiger partial charge in [-0.15, -0.1) is 28.6 Å².